The first-order chi connectivity index (χ1) is 11.3. The first kappa shape index (κ1) is 14.3. The molecule has 0 bridgehead atoms. The number of aliphatic hydroxyl groups excluding tert-OH is 1. The molecule has 0 saturated heterocycles. The van der Waals surface area contributed by atoms with E-state index in [0.29, 0.717) is 12.2 Å². The number of fused-ring (bicyclic) bond motifs is 3. The summed E-state index contributed by atoms with van der Waals surface area (Å²) in [6, 6.07) is 6.26. The Kier molecular flexibility index (Phi) is 3.55. The van der Waals surface area contributed by atoms with Gasteiger partial charge in [0.2, 0.25) is 0 Å². The van der Waals surface area contributed by atoms with Crippen molar-refractivity contribution in [2.75, 3.05) is 18.9 Å². The third-order valence-corrected chi connectivity index (χ3v) is 5.11. The third-order valence-electron chi connectivity index (χ3n) is 3.96. The van der Waals surface area contributed by atoms with Crippen molar-refractivity contribution < 1.29 is 5.11 Å². The van der Waals surface area contributed by atoms with Gasteiger partial charge in [0, 0.05) is 24.6 Å². The number of aryl methyl sites for hydroxylation is 1. The number of thiazole rings is 1. The van der Waals surface area contributed by atoms with Gasteiger partial charge in [0.1, 0.15) is 5.52 Å². The van der Waals surface area contributed by atoms with Gasteiger partial charge in [-0.3, -0.25) is 4.99 Å². The predicted molar refractivity (Wildman–Crippen MR) is 96.1 cm³/mol. The van der Waals surface area contributed by atoms with Crippen LogP contribution < -0.4 is 5.73 Å². The van der Waals surface area contributed by atoms with Gasteiger partial charge in [-0.2, -0.15) is 0 Å². The van der Waals surface area contributed by atoms with E-state index >= 15 is 0 Å². The molecule has 1 aromatic carbocycles. The number of rotatable bonds is 4. The van der Waals surface area contributed by atoms with Crippen LogP contribution in [-0.2, 0) is 6.42 Å². The van der Waals surface area contributed by atoms with Crippen molar-refractivity contribution in [1.29, 1.82) is 0 Å². The maximum absolute atomic E-state index is 8.99. The van der Waals surface area contributed by atoms with Crippen LogP contribution in [-0.4, -0.2) is 34.4 Å². The first-order valence-corrected chi connectivity index (χ1v) is 8.37. The summed E-state index contributed by atoms with van der Waals surface area (Å²) in [7, 11) is 0. The van der Waals surface area contributed by atoms with Gasteiger partial charge in [-0.1, -0.05) is 12.1 Å². The van der Waals surface area contributed by atoms with E-state index in [1.807, 2.05) is 12.3 Å². The van der Waals surface area contributed by atoms with Crippen LogP contribution in [0.2, 0.25) is 0 Å². The largest absolute Gasteiger partial charge is 0.396 e. The maximum Gasteiger partial charge on any atom is 0.151 e. The zero-order valence-electron chi connectivity index (χ0n) is 12.5. The molecule has 23 heavy (non-hydrogen) atoms. The highest BCUT2D eigenvalue weighted by Gasteiger charge is 2.14. The summed E-state index contributed by atoms with van der Waals surface area (Å²) in [6.45, 7) is 0.889. The fourth-order valence-electron chi connectivity index (χ4n) is 2.79. The molecule has 3 aromatic rings. The molecule has 0 unspecified atom stereocenters. The number of nitrogens with zero attached hydrogens (tertiary/aromatic N) is 3. The van der Waals surface area contributed by atoms with E-state index in [1.165, 1.54) is 5.57 Å². The molecule has 6 heteroatoms. The number of aromatic nitrogens is 2. The average Bonchev–Trinajstić information content (AvgIpc) is 3.22. The van der Waals surface area contributed by atoms with Crippen LogP contribution in [0.15, 0.2) is 29.3 Å². The van der Waals surface area contributed by atoms with Crippen molar-refractivity contribution in [2.24, 2.45) is 4.99 Å². The molecule has 1 aliphatic rings. The monoisotopic (exact) mass is 324 g/mol. The van der Waals surface area contributed by atoms with Gasteiger partial charge < -0.3 is 10.8 Å². The summed E-state index contributed by atoms with van der Waals surface area (Å²) < 4.78 is 1.07. The van der Waals surface area contributed by atoms with Crippen LogP contribution in [0.25, 0.3) is 26.7 Å². The van der Waals surface area contributed by atoms with Crippen LogP contribution in [0.4, 0.5) is 5.82 Å². The second kappa shape index (κ2) is 5.72. The molecule has 5 nitrogen and oxygen atoms in total. The van der Waals surface area contributed by atoms with E-state index in [4.69, 9.17) is 10.8 Å². The molecule has 0 aliphatic carbocycles. The minimum Gasteiger partial charge on any atom is -0.396 e. The number of pyridine rings is 1. The Morgan fingerprint density at radius 3 is 2.96 bits per heavy atom. The molecule has 0 radical (unpaired) electrons. The third kappa shape index (κ3) is 2.50. The summed E-state index contributed by atoms with van der Waals surface area (Å²) in [5.41, 5.74) is 10.1. The Morgan fingerprint density at radius 2 is 2.17 bits per heavy atom. The van der Waals surface area contributed by atoms with Crippen molar-refractivity contribution in [3.8, 4) is 0 Å². The molecule has 116 valence electrons. The fraction of sp³-hybridized carbons (Fsp3) is 0.235. The highest BCUT2D eigenvalue weighted by molar-refractivity contribution is 7.19. The molecule has 3 heterocycles. The molecule has 2 aromatic heterocycles. The Labute approximate surface area is 137 Å². The second-order valence-electron chi connectivity index (χ2n) is 5.52. The van der Waals surface area contributed by atoms with E-state index in [1.54, 1.807) is 11.3 Å². The molecule has 3 N–H and O–H groups in total. The van der Waals surface area contributed by atoms with Gasteiger partial charge in [-0.25, -0.2) is 9.97 Å². The summed E-state index contributed by atoms with van der Waals surface area (Å²) in [5, 5.41) is 11.1. The van der Waals surface area contributed by atoms with Crippen molar-refractivity contribution in [2.45, 2.75) is 12.8 Å². The number of hydrogen-bond acceptors (Lipinski definition) is 6. The molecule has 4 rings (SSSR count). The molecule has 1 aliphatic heterocycles. The standard InChI is InChI=1S/C17H16N4OS/c18-17-15-16(23-14(21-15)2-1-7-22)12-4-3-10(8-13(12)20-17)11-5-6-19-9-11/h3-6,8,22H,1-2,7,9H2,(H2,18,20). The van der Waals surface area contributed by atoms with Crippen LogP contribution in [0.5, 0.6) is 0 Å². The highest BCUT2D eigenvalue weighted by atomic mass is 32.1. The minimum atomic E-state index is 0.172. The number of allylic oxidation sites excluding steroid dienone is 1. The van der Waals surface area contributed by atoms with Gasteiger partial charge in [-0.15, -0.1) is 11.3 Å². The van der Waals surface area contributed by atoms with Gasteiger partial charge >= 0.3 is 0 Å². The highest BCUT2D eigenvalue weighted by Crippen LogP contribution is 2.34. The SMILES string of the molecule is Nc1nc2cc(C3=CC=NC3)ccc2c2sc(CCCO)nc12. The van der Waals surface area contributed by atoms with E-state index < -0.39 is 0 Å². The topological polar surface area (TPSA) is 84.4 Å². The number of nitrogens with two attached hydrogens (primary N) is 1. The number of aliphatic imine (C=N–C) groups is 1. The van der Waals surface area contributed by atoms with Crippen molar-refractivity contribution in [3.63, 3.8) is 0 Å². The Balaban J connectivity index is 1.85. The van der Waals surface area contributed by atoms with Gasteiger partial charge in [0.25, 0.3) is 0 Å². The van der Waals surface area contributed by atoms with Crippen LogP contribution in [0, 0.1) is 0 Å². The lowest BCUT2D eigenvalue weighted by molar-refractivity contribution is 0.288. The number of nitrogen functional groups attached to an aromatic ring is 1. The van der Waals surface area contributed by atoms with Crippen LogP contribution in [0.3, 0.4) is 0 Å². The van der Waals surface area contributed by atoms with Crippen molar-refractivity contribution in [1.82, 2.24) is 9.97 Å². The number of aliphatic hydroxyl groups is 1. The van der Waals surface area contributed by atoms with E-state index in [2.05, 4.69) is 33.2 Å². The molecular weight excluding hydrogens is 308 g/mol. The molecule has 0 fully saturated rings. The van der Waals surface area contributed by atoms with Gasteiger partial charge in [0.15, 0.2) is 5.82 Å². The molecular formula is C17H16N4OS. The molecule has 0 amide bonds. The Bertz CT molecular complexity index is 958. The predicted octanol–water partition coefficient (Wildman–Crippen LogP) is 2.82. The lowest BCUT2D eigenvalue weighted by Crippen LogP contribution is -1.94. The zero-order chi connectivity index (χ0) is 15.8. The average molecular weight is 324 g/mol. The quantitative estimate of drug-likeness (QED) is 0.773. The number of hydrogen-bond donors (Lipinski definition) is 2. The Hall–Kier alpha value is -2.31. The molecule has 0 saturated carbocycles. The lowest BCUT2D eigenvalue weighted by Gasteiger charge is -2.05. The lowest BCUT2D eigenvalue weighted by atomic mass is 10.0. The first-order valence-electron chi connectivity index (χ1n) is 7.55. The minimum absolute atomic E-state index is 0.172. The Morgan fingerprint density at radius 1 is 1.26 bits per heavy atom. The number of anilines is 1. The number of benzene rings is 1. The normalized spacial score (nSPS) is 14.0. The summed E-state index contributed by atoms with van der Waals surface area (Å²) in [6.07, 6.45) is 5.34. The van der Waals surface area contributed by atoms with Crippen molar-refractivity contribution in [3.05, 3.63) is 34.8 Å². The second-order valence-corrected chi connectivity index (χ2v) is 6.61. The zero-order valence-corrected chi connectivity index (χ0v) is 13.3. The van der Waals surface area contributed by atoms with E-state index in [0.717, 1.165) is 44.7 Å². The molecule has 0 atom stereocenters. The van der Waals surface area contributed by atoms with E-state index in [-0.39, 0.29) is 6.61 Å². The maximum atomic E-state index is 8.99. The van der Waals surface area contributed by atoms with E-state index in [9.17, 15) is 0 Å². The summed E-state index contributed by atoms with van der Waals surface area (Å²) in [4.78, 5) is 13.4. The van der Waals surface area contributed by atoms with Crippen LogP contribution >= 0.6 is 11.3 Å². The fourth-order valence-corrected chi connectivity index (χ4v) is 3.94. The van der Waals surface area contributed by atoms with Gasteiger partial charge in [-0.05, 0) is 29.7 Å². The van der Waals surface area contributed by atoms with Crippen LogP contribution in [0.1, 0.15) is 17.0 Å². The summed E-state index contributed by atoms with van der Waals surface area (Å²) in [5.74, 6) is 0.466. The van der Waals surface area contributed by atoms with Crippen molar-refractivity contribution >= 4 is 50.1 Å². The smallest absolute Gasteiger partial charge is 0.151 e. The van der Waals surface area contributed by atoms with Gasteiger partial charge in [0.05, 0.1) is 21.8 Å². The molecule has 0 spiro atoms. The summed E-state index contributed by atoms with van der Waals surface area (Å²) >= 11 is 1.64.